The fourth-order valence-corrected chi connectivity index (χ4v) is 0.575. The Bertz CT molecular complexity index is 126. The largest absolute Gasteiger partial charge is 1.00 e. The molecule has 0 rings (SSSR count). The van der Waals surface area contributed by atoms with Crippen molar-refractivity contribution in [3.8, 4) is 0 Å². The molecule has 54 valence electrons. The molecule has 0 amide bonds. The van der Waals surface area contributed by atoms with Gasteiger partial charge in [-0.1, -0.05) is 0 Å². The van der Waals surface area contributed by atoms with Crippen LogP contribution in [-0.2, 0) is 20.6 Å². The van der Waals surface area contributed by atoms with E-state index in [0.29, 0.717) is 0 Å². The van der Waals surface area contributed by atoms with Crippen LogP contribution in [0.5, 0.6) is 0 Å². The average Bonchev–Trinajstić information content (AvgIpc) is 1.63. The zero-order valence-electron chi connectivity index (χ0n) is 5.96. The quantitative estimate of drug-likeness (QED) is 0.252. The van der Waals surface area contributed by atoms with Gasteiger partial charge in [0.25, 0.3) is 0 Å². The maximum atomic E-state index is 10.2. The molecule has 0 radical (unpaired) electrons. The van der Waals surface area contributed by atoms with E-state index in [4.69, 9.17) is 0 Å². The molecule has 4 nitrogen and oxygen atoms in total. The molecule has 0 heterocycles. The molecule has 0 saturated heterocycles. The summed E-state index contributed by atoms with van der Waals surface area (Å²) in [4.78, 5) is 10.2. The summed E-state index contributed by atoms with van der Waals surface area (Å²) in [5.41, 5.74) is 0. The summed E-state index contributed by atoms with van der Waals surface area (Å²) < 4.78 is 23.9. The van der Waals surface area contributed by atoms with E-state index in [1.165, 1.54) is 0 Å². The van der Waals surface area contributed by atoms with Crippen molar-refractivity contribution < 1.29 is 47.9 Å². The molecule has 0 aliphatic heterocycles. The van der Waals surface area contributed by atoms with Gasteiger partial charge in [0.1, 0.15) is 5.75 Å². The van der Waals surface area contributed by atoms with Crippen molar-refractivity contribution in [3.05, 3.63) is 0 Å². The maximum absolute atomic E-state index is 10.2. The molecule has 0 bridgehead atoms. The second-order valence-corrected chi connectivity index (χ2v) is 2.15. The minimum atomic E-state index is -2.32. The van der Waals surface area contributed by atoms with E-state index in [-0.39, 0.29) is 36.2 Å². The van der Waals surface area contributed by atoms with Crippen LogP contribution in [-0.4, -0.2) is 27.1 Å². The Hall–Kier alpha value is 0.580. The standard InChI is InChI=1S/C4H8O4S.Na/c1-2-8-4(5)3-9(6)7;/h2-3H2,1H3,(H,6,7);/q;+1/p-1. The molecule has 0 aliphatic carbocycles. The van der Waals surface area contributed by atoms with Gasteiger partial charge < -0.3 is 9.29 Å². The van der Waals surface area contributed by atoms with Gasteiger partial charge in [-0.2, -0.15) is 0 Å². The Morgan fingerprint density at radius 3 is 2.50 bits per heavy atom. The summed E-state index contributed by atoms with van der Waals surface area (Å²) in [5.74, 6) is -1.25. The van der Waals surface area contributed by atoms with E-state index >= 15 is 0 Å². The predicted molar refractivity (Wildman–Crippen MR) is 30.4 cm³/mol. The second kappa shape index (κ2) is 7.68. The Morgan fingerprint density at radius 1 is 1.70 bits per heavy atom. The SMILES string of the molecule is CCOC(=O)CS(=O)[O-].[Na+]. The Kier molecular flexibility index (Phi) is 10.1. The van der Waals surface area contributed by atoms with Gasteiger partial charge in [0.15, 0.2) is 0 Å². The third kappa shape index (κ3) is 8.58. The number of esters is 1. The maximum Gasteiger partial charge on any atom is 1.00 e. The second-order valence-electron chi connectivity index (χ2n) is 1.25. The van der Waals surface area contributed by atoms with Crippen molar-refractivity contribution in [1.82, 2.24) is 0 Å². The Balaban J connectivity index is 0. The van der Waals surface area contributed by atoms with Crippen LogP contribution < -0.4 is 29.6 Å². The van der Waals surface area contributed by atoms with E-state index in [1.54, 1.807) is 6.92 Å². The predicted octanol–water partition coefficient (Wildman–Crippen LogP) is -3.57. The van der Waals surface area contributed by atoms with Gasteiger partial charge in [-0.3, -0.25) is 9.00 Å². The van der Waals surface area contributed by atoms with Gasteiger partial charge in [0.05, 0.1) is 6.61 Å². The van der Waals surface area contributed by atoms with Crippen LogP contribution in [0.3, 0.4) is 0 Å². The van der Waals surface area contributed by atoms with Crippen molar-refractivity contribution in [1.29, 1.82) is 0 Å². The number of carbonyl (C=O) groups is 1. The smallest absolute Gasteiger partial charge is 0.772 e. The van der Waals surface area contributed by atoms with E-state index in [9.17, 15) is 13.6 Å². The summed E-state index contributed by atoms with van der Waals surface area (Å²) in [7, 11) is 0. The summed E-state index contributed by atoms with van der Waals surface area (Å²) >= 11 is -2.32. The van der Waals surface area contributed by atoms with Crippen molar-refractivity contribution in [2.45, 2.75) is 6.92 Å². The molecule has 0 fully saturated rings. The minimum Gasteiger partial charge on any atom is -0.772 e. The first kappa shape index (κ1) is 13.2. The Morgan fingerprint density at radius 2 is 2.20 bits per heavy atom. The number of ether oxygens (including phenoxy) is 1. The number of carbonyl (C=O) groups excluding carboxylic acids is 1. The van der Waals surface area contributed by atoms with Gasteiger partial charge in [0.2, 0.25) is 0 Å². The first-order valence-corrected chi connectivity index (χ1v) is 3.62. The van der Waals surface area contributed by atoms with Gasteiger partial charge in [0, 0.05) is 0 Å². The third-order valence-electron chi connectivity index (χ3n) is 0.541. The normalized spacial score (nSPS) is 11.4. The summed E-state index contributed by atoms with van der Waals surface area (Å²) in [6, 6.07) is 0. The molecular weight excluding hydrogens is 167 g/mol. The molecule has 0 spiro atoms. The van der Waals surface area contributed by atoms with Gasteiger partial charge >= 0.3 is 35.5 Å². The van der Waals surface area contributed by atoms with Crippen LogP contribution in [0.4, 0.5) is 0 Å². The molecule has 1 atom stereocenters. The minimum absolute atomic E-state index is 0. The van der Waals surface area contributed by atoms with Crippen molar-refractivity contribution in [3.63, 3.8) is 0 Å². The first-order chi connectivity index (χ1) is 4.16. The number of hydrogen-bond donors (Lipinski definition) is 0. The first-order valence-electron chi connectivity index (χ1n) is 2.38. The topological polar surface area (TPSA) is 66.4 Å². The number of hydrogen-bond acceptors (Lipinski definition) is 4. The van der Waals surface area contributed by atoms with Crippen LogP contribution in [0.15, 0.2) is 0 Å². The van der Waals surface area contributed by atoms with E-state index in [0.717, 1.165) is 0 Å². The van der Waals surface area contributed by atoms with Crippen LogP contribution in [0, 0.1) is 0 Å². The summed E-state index contributed by atoms with van der Waals surface area (Å²) in [5, 5.41) is 0. The molecule has 0 N–H and O–H groups in total. The molecule has 0 aromatic heterocycles. The fraction of sp³-hybridized carbons (Fsp3) is 0.750. The van der Waals surface area contributed by atoms with Gasteiger partial charge in [-0.25, -0.2) is 0 Å². The van der Waals surface area contributed by atoms with Crippen LogP contribution in [0.1, 0.15) is 6.92 Å². The molecule has 0 aromatic rings. The monoisotopic (exact) mass is 174 g/mol. The molecule has 6 heteroatoms. The molecular formula is C4H7NaO4S. The van der Waals surface area contributed by atoms with Crippen LogP contribution >= 0.6 is 0 Å². The Labute approximate surface area is 83.9 Å². The summed E-state index contributed by atoms with van der Waals surface area (Å²) in [6.45, 7) is 1.83. The van der Waals surface area contributed by atoms with E-state index in [2.05, 4.69) is 4.74 Å². The van der Waals surface area contributed by atoms with Crippen LogP contribution in [0.25, 0.3) is 0 Å². The van der Waals surface area contributed by atoms with E-state index < -0.39 is 22.8 Å². The zero-order chi connectivity index (χ0) is 7.28. The van der Waals surface area contributed by atoms with Crippen molar-refractivity contribution in [2.75, 3.05) is 12.4 Å². The molecule has 0 aromatic carbocycles. The molecule has 0 saturated carbocycles. The number of rotatable bonds is 3. The third-order valence-corrected chi connectivity index (χ3v) is 1.01. The van der Waals surface area contributed by atoms with Gasteiger partial charge in [-0.15, -0.1) is 0 Å². The van der Waals surface area contributed by atoms with Crippen molar-refractivity contribution in [2.24, 2.45) is 0 Å². The average molecular weight is 174 g/mol. The van der Waals surface area contributed by atoms with Gasteiger partial charge in [-0.05, 0) is 18.0 Å². The van der Waals surface area contributed by atoms with Crippen LogP contribution in [0.2, 0.25) is 0 Å². The summed E-state index contributed by atoms with van der Waals surface area (Å²) in [6.07, 6.45) is 0. The molecule has 0 aliphatic rings. The zero-order valence-corrected chi connectivity index (χ0v) is 8.77. The fourth-order valence-electron chi connectivity index (χ4n) is 0.299. The van der Waals surface area contributed by atoms with E-state index in [1.807, 2.05) is 0 Å². The molecule has 1 unspecified atom stereocenters. The van der Waals surface area contributed by atoms with Crippen molar-refractivity contribution >= 4 is 17.0 Å². The molecule has 10 heavy (non-hydrogen) atoms.